The van der Waals surface area contributed by atoms with Crippen LogP contribution < -0.4 is 0 Å². The van der Waals surface area contributed by atoms with Gasteiger partial charge in [0, 0.05) is 7.11 Å². The molecule has 3 heteroatoms. The molecule has 2 nitrogen and oxygen atoms in total. The SMILES string of the molecule is CO.[B]O. The Labute approximate surface area is 26.5 Å². The molecule has 24 valence electrons. The lowest BCUT2D eigenvalue weighted by atomic mass is 10.6. The van der Waals surface area contributed by atoms with Crippen LogP contribution in [0.3, 0.4) is 0 Å². The van der Waals surface area contributed by atoms with Gasteiger partial charge in [0.1, 0.15) is 0 Å². The van der Waals surface area contributed by atoms with Crippen molar-refractivity contribution in [2.24, 2.45) is 0 Å². The lowest BCUT2D eigenvalue weighted by molar-refractivity contribution is 0.399. The van der Waals surface area contributed by atoms with E-state index in [1.807, 2.05) is 0 Å². The molecule has 0 aromatic carbocycles. The maximum Gasteiger partial charge on any atom is 0.277 e. The van der Waals surface area contributed by atoms with Gasteiger partial charge >= 0.3 is 0 Å². The third kappa shape index (κ3) is 8480. The summed E-state index contributed by atoms with van der Waals surface area (Å²) < 4.78 is 0. The zero-order valence-corrected chi connectivity index (χ0v) is 2.47. The van der Waals surface area contributed by atoms with Gasteiger partial charge in [-0.1, -0.05) is 0 Å². The molecule has 0 amide bonds. The fourth-order valence-corrected chi connectivity index (χ4v) is 0. The summed E-state index contributed by atoms with van der Waals surface area (Å²) in [6.07, 6.45) is 0. The van der Waals surface area contributed by atoms with Gasteiger partial charge < -0.3 is 10.1 Å². The molecule has 0 heterocycles. The standard InChI is InChI=1S/CH4O.BHO/c2*1-2/h2H,1H3;2H. The van der Waals surface area contributed by atoms with Crippen molar-refractivity contribution >= 4 is 8.05 Å². The first kappa shape index (κ1) is 9.01. The quantitative estimate of drug-likeness (QED) is 0.340. The molecule has 0 atom stereocenters. The molecule has 4 heavy (non-hydrogen) atoms. The number of aliphatic hydroxyl groups is 1. The van der Waals surface area contributed by atoms with Gasteiger partial charge in [0.25, 0.3) is 8.05 Å². The van der Waals surface area contributed by atoms with Crippen LogP contribution in [0, 0.1) is 0 Å². The lowest BCUT2D eigenvalue weighted by Gasteiger charge is -1.21. The van der Waals surface area contributed by atoms with Crippen molar-refractivity contribution in [2.45, 2.75) is 0 Å². The minimum atomic E-state index is 1.00. The van der Waals surface area contributed by atoms with Crippen LogP contribution >= 0.6 is 0 Å². The van der Waals surface area contributed by atoms with E-state index >= 15 is 0 Å². The first-order valence-corrected chi connectivity index (χ1v) is 0.705. The van der Waals surface area contributed by atoms with E-state index in [0.717, 1.165) is 7.11 Å². The summed E-state index contributed by atoms with van der Waals surface area (Å²) in [4.78, 5) is 0. The predicted octanol–water partition coefficient (Wildman–Crippen LogP) is -1.33. The third-order valence-corrected chi connectivity index (χ3v) is 0. The Kier molecular flexibility index (Phi) is 117000. The van der Waals surface area contributed by atoms with Crippen molar-refractivity contribution in [2.75, 3.05) is 7.11 Å². The van der Waals surface area contributed by atoms with Crippen molar-refractivity contribution in [1.82, 2.24) is 0 Å². The Morgan fingerprint density at radius 1 is 1.25 bits per heavy atom. The molecule has 0 rings (SSSR count). The lowest BCUT2D eigenvalue weighted by Crippen LogP contribution is -1.34. The molecule has 0 spiro atoms. The molecule has 0 aliphatic heterocycles. The summed E-state index contributed by atoms with van der Waals surface area (Å²) in [5.41, 5.74) is 0. The molecule has 0 bridgehead atoms. The number of hydrogen-bond donors (Lipinski definition) is 2. The summed E-state index contributed by atoms with van der Waals surface area (Å²) in [6, 6.07) is 0. The van der Waals surface area contributed by atoms with Gasteiger partial charge in [-0.05, 0) is 0 Å². The second-order valence-corrected chi connectivity index (χ2v) is 0. The summed E-state index contributed by atoms with van der Waals surface area (Å²) >= 11 is 0. The van der Waals surface area contributed by atoms with E-state index in [1.54, 1.807) is 0 Å². The summed E-state index contributed by atoms with van der Waals surface area (Å²) in [7, 11) is 4.50. The molecular weight excluding hydrogens is 54.8 g/mol. The van der Waals surface area contributed by atoms with E-state index in [2.05, 4.69) is 8.05 Å². The Morgan fingerprint density at radius 3 is 1.25 bits per heavy atom. The first-order valence-electron chi connectivity index (χ1n) is 0.705. The second kappa shape index (κ2) is 51800. The van der Waals surface area contributed by atoms with Gasteiger partial charge in [0.2, 0.25) is 0 Å². The molecule has 0 aromatic heterocycles. The summed E-state index contributed by atoms with van der Waals surface area (Å²) in [6.45, 7) is 0. The Bertz CT molecular complexity index is 6.00. The van der Waals surface area contributed by atoms with Crippen LogP contribution in [-0.2, 0) is 0 Å². The Hall–Kier alpha value is -0.0151. The van der Waals surface area contributed by atoms with Crippen molar-refractivity contribution in [1.29, 1.82) is 0 Å². The maximum atomic E-state index is 7.00. The van der Waals surface area contributed by atoms with E-state index < -0.39 is 0 Å². The topological polar surface area (TPSA) is 40.5 Å². The van der Waals surface area contributed by atoms with Gasteiger partial charge in [0.05, 0.1) is 0 Å². The third-order valence-electron chi connectivity index (χ3n) is 0. The minimum Gasteiger partial charge on any atom is -0.461 e. The van der Waals surface area contributed by atoms with E-state index in [4.69, 9.17) is 10.1 Å². The van der Waals surface area contributed by atoms with Crippen molar-refractivity contribution < 1.29 is 10.1 Å². The van der Waals surface area contributed by atoms with Crippen LogP contribution in [0.4, 0.5) is 0 Å². The average Bonchev–Trinajstić information content (AvgIpc) is 1.50. The zero-order chi connectivity index (χ0) is 4.00. The smallest absolute Gasteiger partial charge is 0.277 e. The molecule has 0 fully saturated rings. The molecule has 2 N–H and O–H groups in total. The highest BCUT2D eigenvalue weighted by Crippen LogP contribution is 0.755. The average molecular weight is 59.9 g/mol. The molecule has 0 aromatic rings. The van der Waals surface area contributed by atoms with Gasteiger partial charge in [-0.25, -0.2) is 0 Å². The number of aliphatic hydroxyl groups excluding tert-OH is 1. The highest BCUT2D eigenvalue weighted by Gasteiger charge is 0.974. The van der Waals surface area contributed by atoms with Crippen molar-refractivity contribution in [3.63, 3.8) is 0 Å². The van der Waals surface area contributed by atoms with E-state index in [0.29, 0.717) is 0 Å². The summed E-state index contributed by atoms with van der Waals surface area (Å²) in [5, 5.41) is 13.5. The Morgan fingerprint density at radius 2 is 1.25 bits per heavy atom. The van der Waals surface area contributed by atoms with Gasteiger partial charge in [0.15, 0.2) is 0 Å². The van der Waals surface area contributed by atoms with E-state index in [1.165, 1.54) is 0 Å². The highest BCUT2D eigenvalue weighted by atomic mass is 16.2. The van der Waals surface area contributed by atoms with Crippen molar-refractivity contribution in [3.8, 4) is 0 Å². The van der Waals surface area contributed by atoms with Crippen LogP contribution in [-0.4, -0.2) is 25.3 Å². The van der Waals surface area contributed by atoms with E-state index in [-0.39, 0.29) is 0 Å². The predicted molar refractivity (Wildman–Crippen MR) is 16.1 cm³/mol. The normalized spacial score (nSPS) is 2.75. The van der Waals surface area contributed by atoms with Crippen LogP contribution in [0.2, 0.25) is 0 Å². The highest BCUT2D eigenvalue weighted by molar-refractivity contribution is 5.95. The van der Waals surface area contributed by atoms with Gasteiger partial charge in [-0.3, -0.25) is 0 Å². The molecule has 0 aliphatic carbocycles. The Balaban J connectivity index is 0. The first-order chi connectivity index (χ1) is 2.00. The van der Waals surface area contributed by atoms with Crippen LogP contribution in [0.1, 0.15) is 0 Å². The molecule has 0 saturated heterocycles. The summed E-state index contributed by atoms with van der Waals surface area (Å²) in [5.74, 6) is 0. The van der Waals surface area contributed by atoms with Crippen LogP contribution in [0.5, 0.6) is 0 Å². The number of hydrogen-bond acceptors (Lipinski definition) is 2. The largest absolute Gasteiger partial charge is 0.461 e. The minimum absolute atomic E-state index is 1.00. The van der Waals surface area contributed by atoms with Crippen molar-refractivity contribution in [3.05, 3.63) is 0 Å². The zero-order valence-electron chi connectivity index (χ0n) is 2.47. The van der Waals surface area contributed by atoms with Crippen LogP contribution in [0.25, 0.3) is 0 Å². The van der Waals surface area contributed by atoms with Gasteiger partial charge in [-0.2, -0.15) is 0 Å². The molecular formula is CH5BO2. The van der Waals surface area contributed by atoms with Gasteiger partial charge in [-0.15, -0.1) is 0 Å². The second-order valence-electron chi connectivity index (χ2n) is 0. The fraction of sp³-hybridized carbons (Fsp3) is 1.00. The van der Waals surface area contributed by atoms with E-state index in [9.17, 15) is 0 Å². The monoisotopic (exact) mass is 60.0 g/mol. The molecule has 0 aliphatic rings. The number of rotatable bonds is 0. The maximum absolute atomic E-state index is 7.00. The molecule has 0 saturated carbocycles. The molecule has 0 unspecified atom stereocenters. The fourth-order valence-electron chi connectivity index (χ4n) is 0. The van der Waals surface area contributed by atoms with Crippen LogP contribution in [0.15, 0.2) is 0 Å². The molecule has 2 radical (unpaired) electrons.